The molecular weight excluding hydrogens is 216 g/mol. The van der Waals surface area contributed by atoms with Crippen LogP contribution in [0, 0.1) is 11.3 Å². The lowest BCUT2D eigenvalue weighted by molar-refractivity contribution is 0.282. The summed E-state index contributed by atoms with van der Waals surface area (Å²) in [6.45, 7) is 0.914. The van der Waals surface area contributed by atoms with Gasteiger partial charge in [-0.25, -0.2) is 9.97 Å². The van der Waals surface area contributed by atoms with E-state index in [-0.39, 0.29) is 6.61 Å². The minimum absolute atomic E-state index is 0.168. The number of aliphatic hydroxyl groups is 1. The van der Waals surface area contributed by atoms with E-state index in [1.54, 1.807) is 12.3 Å². The summed E-state index contributed by atoms with van der Waals surface area (Å²) in [5.74, 6) is 0.613. The van der Waals surface area contributed by atoms with Gasteiger partial charge < -0.3 is 10.0 Å². The van der Waals surface area contributed by atoms with Crippen molar-refractivity contribution < 1.29 is 5.11 Å². The van der Waals surface area contributed by atoms with Crippen LogP contribution in [0.25, 0.3) is 0 Å². The molecule has 0 aliphatic heterocycles. The van der Waals surface area contributed by atoms with E-state index >= 15 is 0 Å². The van der Waals surface area contributed by atoms with Gasteiger partial charge >= 0.3 is 0 Å². The van der Waals surface area contributed by atoms with Crippen molar-refractivity contribution in [2.45, 2.75) is 31.7 Å². The quantitative estimate of drug-likeness (QED) is 0.822. The monoisotopic (exact) mass is 232 g/mol. The molecule has 5 nitrogen and oxygen atoms in total. The van der Waals surface area contributed by atoms with Crippen LogP contribution in [-0.4, -0.2) is 34.3 Å². The van der Waals surface area contributed by atoms with E-state index in [0.717, 1.165) is 19.4 Å². The molecule has 90 valence electrons. The van der Waals surface area contributed by atoms with Crippen molar-refractivity contribution in [3.05, 3.63) is 18.0 Å². The Bertz CT molecular complexity index is 411. The molecule has 1 aromatic rings. The zero-order valence-electron chi connectivity index (χ0n) is 9.71. The van der Waals surface area contributed by atoms with Crippen molar-refractivity contribution in [1.29, 1.82) is 5.26 Å². The molecule has 0 aromatic carbocycles. The maximum atomic E-state index is 8.92. The van der Waals surface area contributed by atoms with Crippen LogP contribution in [0.5, 0.6) is 0 Å². The Kier molecular flexibility index (Phi) is 3.89. The number of anilines is 1. The Morgan fingerprint density at radius 3 is 2.94 bits per heavy atom. The normalized spacial score (nSPS) is 15.1. The summed E-state index contributed by atoms with van der Waals surface area (Å²) in [5.41, 5.74) is 0.392. The van der Waals surface area contributed by atoms with Gasteiger partial charge in [0.1, 0.15) is 11.8 Å². The Morgan fingerprint density at radius 2 is 2.35 bits per heavy atom. The Morgan fingerprint density at radius 1 is 1.53 bits per heavy atom. The highest BCUT2D eigenvalue weighted by molar-refractivity contribution is 5.35. The summed E-state index contributed by atoms with van der Waals surface area (Å²) < 4.78 is 0. The lowest BCUT2D eigenvalue weighted by Gasteiger charge is -2.37. The van der Waals surface area contributed by atoms with E-state index in [4.69, 9.17) is 10.4 Å². The highest BCUT2D eigenvalue weighted by atomic mass is 16.3. The van der Waals surface area contributed by atoms with E-state index in [1.165, 1.54) is 6.42 Å². The van der Waals surface area contributed by atoms with E-state index in [1.807, 2.05) is 6.07 Å². The largest absolute Gasteiger partial charge is 0.396 e. The number of nitrogens with zero attached hydrogens (tertiary/aromatic N) is 4. The molecule has 1 aliphatic carbocycles. The molecule has 1 saturated carbocycles. The average molecular weight is 232 g/mol. The molecule has 0 amide bonds. The van der Waals surface area contributed by atoms with Gasteiger partial charge in [0.2, 0.25) is 5.95 Å². The number of rotatable bonds is 5. The van der Waals surface area contributed by atoms with Crippen LogP contribution >= 0.6 is 0 Å². The summed E-state index contributed by atoms with van der Waals surface area (Å²) in [6, 6.07) is 4.10. The molecule has 1 N–H and O–H groups in total. The van der Waals surface area contributed by atoms with Crippen LogP contribution < -0.4 is 4.90 Å². The number of aliphatic hydroxyl groups excluding tert-OH is 1. The van der Waals surface area contributed by atoms with Gasteiger partial charge in [0.25, 0.3) is 0 Å². The SMILES string of the molecule is N#Cc1ccnc(N(CCCO)C2CCC2)n1. The fourth-order valence-corrected chi connectivity index (χ4v) is 1.93. The Balaban J connectivity index is 2.15. The smallest absolute Gasteiger partial charge is 0.226 e. The highest BCUT2D eigenvalue weighted by Crippen LogP contribution is 2.27. The zero-order valence-corrected chi connectivity index (χ0v) is 9.71. The molecule has 5 heteroatoms. The van der Waals surface area contributed by atoms with Gasteiger partial charge in [-0.05, 0) is 31.7 Å². The van der Waals surface area contributed by atoms with Gasteiger partial charge in [-0.15, -0.1) is 0 Å². The molecule has 0 atom stereocenters. The summed E-state index contributed by atoms with van der Waals surface area (Å²) in [4.78, 5) is 10.6. The fraction of sp³-hybridized carbons (Fsp3) is 0.583. The lowest BCUT2D eigenvalue weighted by Crippen LogP contribution is -2.42. The molecule has 0 saturated heterocycles. The first-order valence-corrected chi connectivity index (χ1v) is 5.96. The maximum Gasteiger partial charge on any atom is 0.226 e. The molecule has 2 rings (SSSR count). The molecule has 0 bridgehead atoms. The Labute approximate surface area is 101 Å². The number of hydrogen-bond donors (Lipinski definition) is 1. The summed E-state index contributed by atoms with van der Waals surface area (Å²) in [7, 11) is 0. The number of aromatic nitrogens is 2. The molecule has 0 spiro atoms. The van der Waals surface area contributed by atoms with Gasteiger partial charge in [0, 0.05) is 25.4 Å². The second-order valence-electron chi connectivity index (χ2n) is 4.21. The van der Waals surface area contributed by atoms with Crippen molar-refractivity contribution in [3.63, 3.8) is 0 Å². The minimum Gasteiger partial charge on any atom is -0.396 e. The molecule has 17 heavy (non-hydrogen) atoms. The van der Waals surface area contributed by atoms with Crippen LogP contribution in [0.2, 0.25) is 0 Å². The van der Waals surface area contributed by atoms with Gasteiger partial charge in [-0.1, -0.05) is 0 Å². The molecule has 1 aliphatic rings. The van der Waals surface area contributed by atoms with Crippen LogP contribution in [-0.2, 0) is 0 Å². The van der Waals surface area contributed by atoms with Crippen LogP contribution in [0.15, 0.2) is 12.3 Å². The summed E-state index contributed by atoms with van der Waals surface area (Å²) in [5, 5.41) is 17.7. The second kappa shape index (κ2) is 5.60. The molecule has 0 radical (unpaired) electrons. The van der Waals surface area contributed by atoms with E-state index in [9.17, 15) is 0 Å². The first kappa shape index (κ1) is 11.8. The third-order valence-corrected chi connectivity index (χ3v) is 3.09. The maximum absolute atomic E-state index is 8.92. The fourth-order valence-electron chi connectivity index (χ4n) is 1.93. The number of hydrogen-bond acceptors (Lipinski definition) is 5. The predicted octanol–water partition coefficient (Wildman–Crippen LogP) is 1.09. The number of nitriles is 1. The van der Waals surface area contributed by atoms with Gasteiger partial charge in [0.05, 0.1) is 0 Å². The van der Waals surface area contributed by atoms with Crippen LogP contribution in [0.4, 0.5) is 5.95 Å². The first-order valence-electron chi connectivity index (χ1n) is 5.96. The van der Waals surface area contributed by atoms with Crippen molar-refractivity contribution in [3.8, 4) is 6.07 Å². The second-order valence-corrected chi connectivity index (χ2v) is 4.21. The lowest BCUT2D eigenvalue weighted by atomic mass is 9.91. The zero-order chi connectivity index (χ0) is 12.1. The van der Waals surface area contributed by atoms with Crippen LogP contribution in [0.1, 0.15) is 31.4 Å². The third kappa shape index (κ3) is 2.71. The van der Waals surface area contributed by atoms with E-state index < -0.39 is 0 Å². The molecule has 1 heterocycles. The Hall–Kier alpha value is -1.67. The topological polar surface area (TPSA) is 73.0 Å². The van der Waals surface area contributed by atoms with E-state index in [0.29, 0.717) is 24.1 Å². The molecule has 0 unspecified atom stereocenters. The molecular formula is C12H16N4O. The van der Waals surface area contributed by atoms with Gasteiger partial charge in [0.15, 0.2) is 0 Å². The summed E-state index contributed by atoms with van der Waals surface area (Å²) >= 11 is 0. The standard InChI is InChI=1S/C12H16N4O/c13-9-10-5-6-14-12(15-10)16(7-2-8-17)11-3-1-4-11/h5-6,11,17H,1-4,7-8H2. The predicted molar refractivity (Wildman–Crippen MR) is 63.4 cm³/mol. The van der Waals surface area contributed by atoms with Crippen molar-refractivity contribution >= 4 is 5.95 Å². The molecule has 1 fully saturated rings. The van der Waals surface area contributed by atoms with E-state index in [2.05, 4.69) is 14.9 Å². The van der Waals surface area contributed by atoms with Crippen LogP contribution in [0.3, 0.4) is 0 Å². The molecule has 1 aromatic heterocycles. The third-order valence-electron chi connectivity index (χ3n) is 3.09. The van der Waals surface area contributed by atoms with Gasteiger partial charge in [-0.2, -0.15) is 5.26 Å². The van der Waals surface area contributed by atoms with Crippen molar-refractivity contribution in [1.82, 2.24) is 9.97 Å². The highest BCUT2D eigenvalue weighted by Gasteiger charge is 2.26. The minimum atomic E-state index is 0.168. The average Bonchev–Trinajstić information content (AvgIpc) is 2.32. The summed E-state index contributed by atoms with van der Waals surface area (Å²) in [6.07, 6.45) is 5.84. The van der Waals surface area contributed by atoms with Crippen molar-refractivity contribution in [2.24, 2.45) is 0 Å². The first-order chi connectivity index (χ1) is 8.35. The van der Waals surface area contributed by atoms with Gasteiger partial charge in [-0.3, -0.25) is 0 Å². The van der Waals surface area contributed by atoms with Crippen molar-refractivity contribution in [2.75, 3.05) is 18.1 Å².